The van der Waals surface area contributed by atoms with E-state index in [0.717, 1.165) is 56.0 Å². The molecule has 0 aliphatic carbocycles. The monoisotopic (exact) mass is 339 g/mol. The van der Waals surface area contributed by atoms with Crippen molar-refractivity contribution in [3.05, 3.63) is 44.8 Å². The molecule has 2 aromatic heterocycles. The van der Waals surface area contributed by atoms with E-state index in [2.05, 4.69) is 22.4 Å². The van der Waals surface area contributed by atoms with E-state index in [0.29, 0.717) is 5.56 Å². The van der Waals surface area contributed by atoms with Gasteiger partial charge in [-0.2, -0.15) is 5.26 Å². The highest BCUT2D eigenvalue weighted by atomic mass is 32.1. The minimum absolute atomic E-state index is 0.120. The van der Waals surface area contributed by atoms with Gasteiger partial charge < -0.3 is 9.64 Å². The zero-order valence-corrected chi connectivity index (χ0v) is 14.9. The van der Waals surface area contributed by atoms with Crippen molar-refractivity contribution in [2.75, 3.05) is 24.6 Å². The SMILES string of the molecule is Cc1cc(C#N)c(N2CCC3(CC2)OCCc2ccsc23)nc1C. The summed E-state index contributed by atoms with van der Waals surface area (Å²) in [6.45, 7) is 6.58. The van der Waals surface area contributed by atoms with Crippen LogP contribution in [-0.2, 0) is 16.8 Å². The molecule has 124 valence electrons. The smallest absolute Gasteiger partial charge is 0.146 e. The summed E-state index contributed by atoms with van der Waals surface area (Å²) in [6.07, 6.45) is 2.95. The molecular formula is C19H21N3OS. The molecule has 4 heterocycles. The van der Waals surface area contributed by atoms with Crippen LogP contribution in [0.1, 0.15) is 40.1 Å². The maximum atomic E-state index is 9.47. The van der Waals surface area contributed by atoms with Crippen LogP contribution in [0, 0.1) is 25.2 Å². The molecular weight excluding hydrogens is 318 g/mol. The molecule has 0 amide bonds. The number of thiophene rings is 1. The van der Waals surface area contributed by atoms with Gasteiger partial charge in [-0.25, -0.2) is 4.98 Å². The Morgan fingerprint density at radius 1 is 1.33 bits per heavy atom. The fourth-order valence-electron chi connectivity index (χ4n) is 3.82. The van der Waals surface area contributed by atoms with E-state index >= 15 is 0 Å². The van der Waals surface area contributed by atoms with Crippen LogP contribution < -0.4 is 4.90 Å². The molecule has 0 bridgehead atoms. The second-order valence-corrected chi connectivity index (χ2v) is 7.64. The van der Waals surface area contributed by atoms with Gasteiger partial charge >= 0.3 is 0 Å². The lowest BCUT2D eigenvalue weighted by molar-refractivity contribution is -0.0735. The van der Waals surface area contributed by atoms with Gasteiger partial charge in [-0.15, -0.1) is 11.3 Å². The van der Waals surface area contributed by atoms with Gasteiger partial charge in [0.25, 0.3) is 0 Å². The second-order valence-electron chi connectivity index (χ2n) is 6.73. The number of aromatic nitrogens is 1. The summed E-state index contributed by atoms with van der Waals surface area (Å²) >= 11 is 1.83. The quantitative estimate of drug-likeness (QED) is 0.795. The van der Waals surface area contributed by atoms with Crippen LogP contribution >= 0.6 is 11.3 Å². The molecule has 0 radical (unpaired) electrons. The average Bonchev–Trinajstić information content (AvgIpc) is 3.08. The van der Waals surface area contributed by atoms with Crippen molar-refractivity contribution in [2.24, 2.45) is 0 Å². The number of nitriles is 1. The summed E-state index contributed by atoms with van der Waals surface area (Å²) in [7, 11) is 0. The van der Waals surface area contributed by atoms with Crippen molar-refractivity contribution >= 4 is 17.2 Å². The summed E-state index contributed by atoms with van der Waals surface area (Å²) in [5, 5.41) is 11.7. The molecule has 4 nitrogen and oxygen atoms in total. The van der Waals surface area contributed by atoms with E-state index in [1.165, 1.54) is 10.4 Å². The summed E-state index contributed by atoms with van der Waals surface area (Å²) in [5.74, 6) is 0.831. The van der Waals surface area contributed by atoms with Crippen molar-refractivity contribution in [2.45, 2.75) is 38.7 Å². The number of piperidine rings is 1. The third-order valence-corrected chi connectivity index (χ3v) is 6.49. The first-order chi connectivity index (χ1) is 11.6. The van der Waals surface area contributed by atoms with Crippen LogP contribution in [0.3, 0.4) is 0 Å². The van der Waals surface area contributed by atoms with Crippen LogP contribution in [0.4, 0.5) is 5.82 Å². The van der Waals surface area contributed by atoms with Crippen molar-refractivity contribution in [3.8, 4) is 6.07 Å². The molecule has 24 heavy (non-hydrogen) atoms. The van der Waals surface area contributed by atoms with Gasteiger partial charge in [0.1, 0.15) is 17.5 Å². The molecule has 0 N–H and O–H groups in total. The highest BCUT2D eigenvalue weighted by Gasteiger charge is 2.42. The van der Waals surface area contributed by atoms with Crippen LogP contribution in [-0.4, -0.2) is 24.7 Å². The fourth-order valence-corrected chi connectivity index (χ4v) is 4.99. The van der Waals surface area contributed by atoms with Crippen LogP contribution in [0.15, 0.2) is 17.5 Å². The Hall–Kier alpha value is -1.90. The summed E-state index contributed by atoms with van der Waals surface area (Å²) in [6, 6.07) is 6.51. The lowest BCUT2D eigenvalue weighted by atomic mass is 9.85. The fraction of sp³-hybridized carbons (Fsp3) is 0.474. The van der Waals surface area contributed by atoms with Crippen molar-refractivity contribution in [3.63, 3.8) is 0 Å². The first kappa shape index (κ1) is 15.6. The third kappa shape index (κ3) is 2.42. The Balaban J connectivity index is 1.60. The molecule has 0 atom stereocenters. The van der Waals surface area contributed by atoms with Crippen molar-refractivity contribution < 1.29 is 4.74 Å². The van der Waals surface area contributed by atoms with Gasteiger partial charge in [0.15, 0.2) is 0 Å². The Morgan fingerprint density at radius 3 is 2.88 bits per heavy atom. The molecule has 2 aliphatic heterocycles. The minimum Gasteiger partial charge on any atom is -0.369 e. The molecule has 2 aliphatic rings. The number of nitrogens with zero attached hydrogens (tertiary/aromatic N) is 3. The van der Waals surface area contributed by atoms with Crippen molar-refractivity contribution in [1.82, 2.24) is 4.98 Å². The Bertz CT molecular complexity index is 813. The largest absolute Gasteiger partial charge is 0.369 e. The summed E-state index contributed by atoms with van der Waals surface area (Å²) in [5.41, 5.74) is 4.09. The summed E-state index contributed by atoms with van der Waals surface area (Å²) in [4.78, 5) is 8.37. The molecule has 0 aromatic carbocycles. The van der Waals surface area contributed by atoms with E-state index in [4.69, 9.17) is 9.72 Å². The molecule has 0 saturated carbocycles. The number of hydrogen-bond acceptors (Lipinski definition) is 5. The van der Waals surface area contributed by atoms with E-state index in [1.807, 2.05) is 31.3 Å². The van der Waals surface area contributed by atoms with Crippen LogP contribution in [0.25, 0.3) is 0 Å². The number of ether oxygens (including phenoxy) is 1. The number of anilines is 1. The van der Waals surface area contributed by atoms with Gasteiger partial charge in [-0.1, -0.05) is 0 Å². The zero-order valence-electron chi connectivity index (χ0n) is 14.1. The number of aryl methyl sites for hydroxylation is 2. The van der Waals surface area contributed by atoms with Gasteiger partial charge in [0.2, 0.25) is 0 Å². The predicted molar refractivity (Wildman–Crippen MR) is 95.5 cm³/mol. The van der Waals surface area contributed by atoms with E-state index < -0.39 is 0 Å². The molecule has 0 unspecified atom stereocenters. The average molecular weight is 339 g/mol. The lowest BCUT2D eigenvalue weighted by Gasteiger charge is -2.44. The molecule has 2 aromatic rings. The maximum absolute atomic E-state index is 9.47. The highest BCUT2D eigenvalue weighted by molar-refractivity contribution is 7.10. The normalized spacial score (nSPS) is 19.1. The maximum Gasteiger partial charge on any atom is 0.146 e. The number of hydrogen-bond donors (Lipinski definition) is 0. The van der Waals surface area contributed by atoms with Crippen LogP contribution in [0.2, 0.25) is 0 Å². The second kappa shape index (κ2) is 5.87. The van der Waals surface area contributed by atoms with E-state index in [-0.39, 0.29) is 5.60 Å². The van der Waals surface area contributed by atoms with Gasteiger partial charge in [-0.3, -0.25) is 0 Å². The Labute approximate surface area is 146 Å². The number of pyridine rings is 1. The van der Waals surface area contributed by atoms with Gasteiger partial charge in [0.05, 0.1) is 12.2 Å². The standard InChI is InChI=1S/C19H21N3OS/c1-13-11-16(12-20)18(21-14(13)2)22-7-5-19(6-8-22)17-15(3-9-23-19)4-10-24-17/h4,10-11H,3,5-9H2,1-2H3. The predicted octanol–water partition coefficient (Wildman–Crippen LogP) is 3.70. The van der Waals surface area contributed by atoms with Gasteiger partial charge in [0, 0.05) is 23.7 Å². The topological polar surface area (TPSA) is 49.2 Å². The Morgan fingerprint density at radius 2 is 2.12 bits per heavy atom. The molecule has 1 spiro atoms. The minimum atomic E-state index is -0.120. The molecule has 4 rings (SSSR count). The molecule has 1 fully saturated rings. The third-order valence-electron chi connectivity index (χ3n) is 5.35. The number of rotatable bonds is 1. The Kier molecular flexibility index (Phi) is 3.82. The highest BCUT2D eigenvalue weighted by Crippen LogP contribution is 2.44. The zero-order chi connectivity index (χ0) is 16.7. The lowest BCUT2D eigenvalue weighted by Crippen LogP contribution is -2.46. The van der Waals surface area contributed by atoms with Crippen LogP contribution in [0.5, 0.6) is 0 Å². The summed E-state index contributed by atoms with van der Waals surface area (Å²) < 4.78 is 6.27. The van der Waals surface area contributed by atoms with Gasteiger partial charge in [-0.05, 0) is 61.7 Å². The number of fused-ring (bicyclic) bond motifs is 2. The first-order valence-electron chi connectivity index (χ1n) is 8.47. The van der Waals surface area contributed by atoms with Crippen molar-refractivity contribution in [1.29, 1.82) is 5.26 Å². The molecule has 5 heteroatoms. The van der Waals surface area contributed by atoms with E-state index in [1.54, 1.807) is 0 Å². The molecule has 1 saturated heterocycles. The first-order valence-corrected chi connectivity index (χ1v) is 9.35. The van der Waals surface area contributed by atoms with E-state index in [9.17, 15) is 5.26 Å².